The zero-order valence-corrected chi connectivity index (χ0v) is 10.0. The van der Waals surface area contributed by atoms with Gasteiger partial charge in [0.2, 0.25) is 0 Å². The van der Waals surface area contributed by atoms with E-state index in [1.54, 1.807) is 6.92 Å². The van der Waals surface area contributed by atoms with E-state index in [0.29, 0.717) is 5.56 Å². The Morgan fingerprint density at radius 2 is 2.00 bits per heavy atom. The number of halogens is 4. The molecule has 0 aliphatic heterocycles. The van der Waals surface area contributed by atoms with Crippen LogP contribution in [0.3, 0.4) is 0 Å². The van der Waals surface area contributed by atoms with Crippen LogP contribution in [-0.4, -0.2) is 9.78 Å². The predicted octanol–water partition coefficient (Wildman–Crippen LogP) is 3.44. The minimum Gasteiger partial charge on any atom is -0.382 e. The maximum absolute atomic E-state index is 12.9. The summed E-state index contributed by atoms with van der Waals surface area (Å²) in [6.07, 6.45) is -3.07. The van der Waals surface area contributed by atoms with Crippen molar-refractivity contribution in [3.63, 3.8) is 0 Å². The monoisotopic (exact) mass is 275 g/mol. The minimum absolute atomic E-state index is 0.0166. The van der Waals surface area contributed by atoms with Crippen LogP contribution >= 0.6 is 11.6 Å². The first-order valence-corrected chi connectivity index (χ1v) is 5.35. The maximum Gasteiger partial charge on any atom is 0.418 e. The number of benzene rings is 1. The van der Waals surface area contributed by atoms with Crippen LogP contribution in [0, 0.1) is 6.92 Å². The van der Waals surface area contributed by atoms with Gasteiger partial charge in [-0.1, -0.05) is 11.6 Å². The van der Waals surface area contributed by atoms with Gasteiger partial charge in [0, 0.05) is 16.8 Å². The molecule has 2 aromatic rings. The molecule has 0 atom stereocenters. The standard InChI is InChI=1S/C11H9ClF3N3/c1-6-5-18(17-10(6)16)9-3-2-7(12)4-8(9)11(13,14)15/h2-5H,1H3,(H2,16,17). The molecule has 7 heteroatoms. The first-order chi connectivity index (χ1) is 8.29. The molecular weight excluding hydrogens is 267 g/mol. The maximum atomic E-state index is 12.9. The Hall–Kier alpha value is -1.69. The smallest absolute Gasteiger partial charge is 0.382 e. The Labute approximate surface area is 106 Å². The third-order valence-electron chi connectivity index (χ3n) is 2.45. The fourth-order valence-corrected chi connectivity index (χ4v) is 1.70. The Morgan fingerprint density at radius 1 is 1.33 bits per heavy atom. The van der Waals surface area contributed by atoms with E-state index in [1.807, 2.05) is 0 Å². The summed E-state index contributed by atoms with van der Waals surface area (Å²) in [6.45, 7) is 1.67. The van der Waals surface area contributed by atoms with Gasteiger partial charge in [0.1, 0.15) is 5.82 Å². The van der Waals surface area contributed by atoms with Crippen LogP contribution in [0.5, 0.6) is 0 Å². The van der Waals surface area contributed by atoms with Crippen molar-refractivity contribution in [3.05, 3.63) is 40.5 Å². The lowest BCUT2D eigenvalue weighted by Crippen LogP contribution is -2.11. The van der Waals surface area contributed by atoms with Crippen LogP contribution in [0.15, 0.2) is 24.4 Å². The second-order valence-corrected chi connectivity index (χ2v) is 4.24. The average molecular weight is 276 g/mol. The van der Waals surface area contributed by atoms with Gasteiger partial charge >= 0.3 is 6.18 Å². The summed E-state index contributed by atoms with van der Waals surface area (Å²) in [5, 5.41) is 3.85. The summed E-state index contributed by atoms with van der Waals surface area (Å²) in [7, 11) is 0. The average Bonchev–Trinajstić information content (AvgIpc) is 2.57. The van der Waals surface area contributed by atoms with Gasteiger partial charge in [-0.3, -0.25) is 0 Å². The summed E-state index contributed by atoms with van der Waals surface area (Å²) < 4.78 is 39.8. The number of nitrogens with zero attached hydrogens (tertiary/aromatic N) is 2. The molecule has 0 radical (unpaired) electrons. The third kappa shape index (κ3) is 2.28. The summed E-state index contributed by atoms with van der Waals surface area (Å²) in [4.78, 5) is 0. The molecule has 3 nitrogen and oxygen atoms in total. The lowest BCUT2D eigenvalue weighted by atomic mass is 10.1. The fourth-order valence-electron chi connectivity index (χ4n) is 1.53. The van der Waals surface area contributed by atoms with Crippen LogP contribution in [0.1, 0.15) is 11.1 Å². The van der Waals surface area contributed by atoms with Gasteiger partial charge in [-0.15, -0.1) is 0 Å². The molecule has 1 heterocycles. The lowest BCUT2D eigenvalue weighted by Gasteiger charge is -2.12. The predicted molar refractivity (Wildman–Crippen MR) is 62.7 cm³/mol. The van der Waals surface area contributed by atoms with Gasteiger partial charge in [-0.25, -0.2) is 4.68 Å². The molecule has 0 saturated heterocycles. The van der Waals surface area contributed by atoms with E-state index >= 15 is 0 Å². The molecule has 0 aliphatic rings. The summed E-state index contributed by atoms with van der Waals surface area (Å²) in [5.74, 6) is 0.193. The quantitative estimate of drug-likeness (QED) is 0.866. The summed E-state index contributed by atoms with van der Waals surface area (Å²) in [6, 6.07) is 3.50. The van der Waals surface area contributed by atoms with Crippen LogP contribution in [0.25, 0.3) is 5.69 Å². The molecule has 0 spiro atoms. The van der Waals surface area contributed by atoms with E-state index in [2.05, 4.69) is 5.10 Å². The van der Waals surface area contributed by atoms with Gasteiger partial charge in [0.05, 0.1) is 11.3 Å². The molecule has 0 amide bonds. The Bertz CT molecular complexity index is 570. The Kier molecular flexibility index (Phi) is 2.98. The number of nitrogens with two attached hydrogens (primary N) is 1. The highest BCUT2D eigenvalue weighted by Gasteiger charge is 2.34. The van der Waals surface area contributed by atoms with Crippen molar-refractivity contribution in [2.45, 2.75) is 13.1 Å². The van der Waals surface area contributed by atoms with E-state index in [1.165, 1.54) is 18.3 Å². The van der Waals surface area contributed by atoms with E-state index in [4.69, 9.17) is 17.3 Å². The SMILES string of the molecule is Cc1cn(-c2ccc(Cl)cc2C(F)(F)F)nc1N. The van der Waals surface area contributed by atoms with Gasteiger partial charge in [0.15, 0.2) is 0 Å². The van der Waals surface area contributed by atoms with Crippen LogP contribution in [0.2, 0.25) is 5.02 Å². The molecule has 0 aliphatic carbocycles. The molecule has 18 heavy (non-hydrogen) atoms. The van der Waals surface area contributed by atoms with E-state index in [0.717, 1.165) is 10.7 Å². The highest BCUT2D eigenvalue weighted by molar-refractivity contribution is 6.30. The van der Waals surface area contributed by atoms with Crippen LogP contribution < -0.4 is 5.73 Å². The van der Waals surface area contributed by atoms with Crippen molar-refractivity contribution in [2.24, 2.45) is 0 Å². The molecule has 0 unspecified atom stereocenters. The molecule has 2 rings (SSSR count). The number of anilines is 1. The Balaban J connectivity index is 2.64. The summed E-state index contributed by atoms with van der Waals surface area (Å²) in [5.41, 5.74) is 5.18. The normalized spacial score (nSPS) is 11.8. The molecule has 96 valence electrons. The number of rotatable bonds is 1. The van der Waals surface area contributed by atoms with Gasteiger partial charge in [0.25, 0.3) is 0 Å². The van der Waals surface area contributed by atoms with Crippen molar-refractivity contribution in [2.75, 3.05) is 5.73 Å². The molecule has 0 fully saturated rings. The van der Waals surface area contributed by atoms with Crippen molar-refractivity contribution >= 4 is 17.4 Å². The Morgan fingerprint density at radius 3 is 2.50 bits per heavy atom. The zero-order chi connectivity index (χ0) is 13.5. The van der Waals surface area contributed by atoms with Crippen molar-refractivity contribution in [1.82, 2.24) is 9.78 Å². The fraction of sp³-hybridized carbons (Fsp3) is 0.182. The van der Waals surface area contributed by atoms with Crippen LogP contribution in [-0.2, 0) is 6.18 Å². The number of alkyl halides is 3. The first kappa shape index (κ1) is 12.8. The van der Waals surface area contributed by atoms with Crippen LogP contribution in [0.4, 0.5) is 19.0 Å². The molecule has 1 aromatic carbocycles. The topological polar surface area (TPSA) is 43.8 Å². The zero-order valence-electron chi connectivity index (χ0n) is 9.29. The molecular formula is C11H9ClF3N3. The highest BCUT2D eigenvalue weighted by atomic mass is 35.5. The second kappa shape index (κ2) is 4.20. The molecule has 2 N–H and O–H groups in total. The van der Waals surface area contributed by atoms with Gasteiger partial charge in [-0.2, -0.15) is 18.3 Å². The first-order valence-electron chi connectivity index (χ1n) is 4.98. The van der Waals surface area contributed by atoms with Crippen molar-refractivity contribution in [3.8, 4) is 5.69 Å². The van der Waals surface area contributed by atoms with Gasteiger partial charge in [-0.05, 0) is 25.1 Å². The number of nitrogen functional groups attached to an aromatic ring is 1. The largest absolute Gasteiger partial charge is 0.418 e. The second-order valence-electron chi connectivity index (χ2n) is 3.80. The number of hydrogen-bond donors (Lipinski definition) is 1. The molecule has 0 saturated carbocycles. The summed E-state index contributed by atoms with van der Waals surface area (Å²) >= 11 is 5.59. The molecule has 0 bridgehead atoms. The van der Waals surface area contributed by atoms with Crippen molar-refractivity contribution < 1.29 is 13.2 Å². The number of aromatic nitrogens is 2. The van der Waals surface area contributed by atoms with E-state index in [-0.39, 0.29) is 16.5 Å². The third-order valence-corrected chi connectivity index (χ3v) is 2.68. The lowest BCUT2D eigenvalue weighted by molar-refractivity contribution is -0.137. The van der Waals surface area contributed by atoms with Crippen molar-refractivity contribution in [1.29, 1.82) is 0 Å². The number of hydrogen-bond acceptors (Lipinski definition) is 2. The van der Waals surface area contributed by atoms with Gasteiger partial charge < -0.3 is 5.73 Å². The van der Waals surface area contributed by atoms with E-state index in [9.17, 15) is 13.2 Å². The molecule has 1 aromatic heterocycles. The highest BCUT2D eigenvalue weighted by Crippen LogP contribution is 2.35. The van der Waals surface area contributed by atoms with E-state index < -0.39 is 11.7 Å². The number of aryl methyl sites for hydroxylation is 1. The minimum atomic E-state index is -4.51.